The predicted molar refractivity (Wildman–Crippen MR) is 154 cm³/mol. The fourth-order valence-electron chi connectivity index (χ4n) is 8.48. The summed E-state index contributed by atoms with van der Waals surface area (Å²) in [4.78, 5) is 36.3. The number of fused-ring (bicyclic) bond motifs is 4. The van der Waals surface area contributed by atoms with Gasteiger partial charge < -0.3 is 15.5 Å². The van der Waals surface area contributed by atoms with E-state index < -0.39 is 53.2 Å². The molecule has 2 fully saturated rings. The number of benzene rings is 2. The summed E-state index contributed by atoms with van der Waals surface area (Å²) < 4.78 is 71.7. The molecule has 0 saturated heterocycles. The molecule has 0 bridgehead atoms. The van der Waals surface area contributed by atoms with E-state index in [0.717, 1.165) is 16.7 Å². The van der Waals surface area contributed by atoms with Crippen LogP contribution in [0.5, 0.6) is 0 Å². The Morgan fingerprint density at radius 1 is 0.911 bits per heavy atom. The average Bonchev–Trinajstić information content (AvgIpc) is 3.27. The smallest absolute Gasteiger partial charge is 0.456 e. The molecule has 4 aliphatic rings. The second kappa shape index (κ2) is 10.6. The van der Waals surface area contributed by atoms with Crippen LogP contribution in [-0.4, -0.2) is 45.6 Å². The van der Waals surface area contributed by atoms with Gasteiger partial charge in [0, 0.05) is 29.0 Å². The van der Waals surface area contributed by atoms with Crippen LogP contribution in [0.4, 0.5) is 27.6 Å². The first kappa shape index (κ1) is 31.1. The largest absolute Gasteiger partial charge is 0.478 e. The highest BCUT2D eigenvalue weighted by Crippen LogP contribution is 2.70. The van der Waals surface area contributed by atoms with Crippen LogP contribution in [-0.2, 0) is 4.79 Å². The molecule has 2 aromatic rings. The van der Waals surface area contributed by atoms with E-state index in [1.165, 1.54) is 31.2 Å². The SMILES string of the molecule is C[C@]12C[C@H](c3ccc(C(=O)Nc4ccc(C(=O)O)cc4)cc3)C3=C4CCC(=O)C=C4CC[C@H]3[C@@H]1CC[C@@]2(O)C(F)(F)C(F)(F)F. The minimum absolute atomic E-state index is 0.00183. The zero-order valence-electron chi connectivity index (χ0n) is 24.4. The van der Waals surface area contributed by atoms with Gasteiger partial charge in [0.25, 0.3) is 5.91 Å². The Balaban J connectivity index is 1.38. The maximum Gasteiger partial charge on any atom is 0.456 e. The number of halogens is 5. The monoisotopic (exact) mass is 629 g/mol. The second-order valence-electron chi connectivity index (χ2n) is 12.9. The summed E-state index contributed by atoms with van der Waals surface area (Å²) in [6.07, 6.45) is -3.39. The zero-order valence-corrected chi connectivity index (χ0v) is 24.4. The van der Waals surface area contributed by atoms with Gasteiger partial charge in [-0.2, -0.15) is 22.0 Å². The Hall–Kier alpha value is -3.86. The number of ketones is 1. The van der Waals surface area contributed by atoms with Crippen molar-refractivity contribution in [2.24, 2.45) is 17.3 Å². The first-order valence-electron chi connectivity index (χ1n) is 15.0. The molecular weight excluding hydrogens is 597 g/mol. The topological polar surface area (TPSA) is 104 Å². The molecule has 0 aromatic heterocycles. The molecule has 0 spiro atoms. The van der Waals surface area contributed by atoms with Crippen LogP contribution >= 0.6 is 0 Å². The number of carboxylic acids is 1. The Labute approximate surface area is 256 Å². The van der Waals surface area contributed by atoms with Crippen LogP contribution < -0.4 is 5.32 Å². The van der Waals surface area contributed by atoms with Gasteiger partial charge in [-0.05, 0) is 110 Å². The van der Waals surface area contributed by atoms with Crippen molar-refractivity contribution in [3.05, 3.63) is 88.0 Å². The Bertz CT molecular complexity index is 1630. The molecule has 238 valence electrons. The number of anilines is 1. The van der Waals surface area contributed by atoms with E-state index in [4.69, 9.17) is 5.11 Å². The van der Waals surface area contributed by atoms with Crippen molar-refractivity contribution in [3.8, 4) is 0 Å². The minimum atomic E-state index is -5.93. The molecule has 4 aliphatic carbocycles. The molecule has 2 aromatic carbocycles. The van der Waals surface area contributed by atoms with Gasteiger partial charge in [-0.25, -0.2) is 4.79 Å². The summed E-state index contributed by atoms with van der Waals surface area (Å²) in [5.41, 5.74) is -0.989. The molecule has 6 rings (SSSR count). The molecule has 0 heterocycles. The van der Waals surface area contributed by atoms with Crippen LogP contribution in [0.15, 0.2) is 71.3 Å². The lowest BCUT2D eigenvalue weighted by Crippen LogP contribution is -2.65. The number of aromatic carboxylic acids is 1. The molecule has 1 amide bonds. The number of allylic oxidation sites excluding steroid dienone is 4. The van der Waals surface area contributed by atoms with Crippen molar-refractivity contribution in [1.29, 1.82) is 0 Å². The van der Waals surface area contributed by atoms with E-state index in [9.17, 15) is 32.7 Å². The second-order valence-corrected chi connectivity index (χ2v) is 12.9. The van der Waals surface area contributed by atoms with Crippen molar-refractivity contribution >= 4 is 23.3 Å². The Morgan fingerprint density at radius 2 is 1.56 bits per heavy atom. The molecule has 5 atom stereocenters. The lowest BCUT2D eigenvalue weighted by atomic mass is 9.50. The Morgan fingerprint density at radius 3 is 2.18 bits per heavy atom. The van der Waals surface area contributed by atoms with E-state index >= 15 is 8.78 Å². The van der Waals surface area contributed by atoms with Crippen LogP contribution in [0.1, 0.15) is 84.1 Å². The molecule has 45 heavy (non-hydrogen) atoms. The minimum Gasteiger partial charge on any atom is -0.478 e. The third-order valence-electron chi connectivity index (χ3n) is 10.7. The highest BCUT2D eigenvalue weighted by atomic mass is 19.4. The van der Waals surface area contributed by atoms with Crippen molar-refractivity contribution < 1.29 is 46.5 Å². The van der Waals surface area contributed by atoms with Crippen LogP contribution in [0.25, 0.3) is 0 Å². The molecule has 11 heteroatoms. The zero-order chi connectivity index (χ0) is 32.5. The quantitative estimate of drug-likeness (QED) is 0.298. The number of carbonyl (C=O) groups is 3. The lowest BCUT2D eigenvalue weighted by Gasteiger charge is -2.56. The van der Waals surface area contributed by atoms with Crippen molar-refractivity contribution in [2.75, 3.05) is 5.32 Å². The number of aliphatic hydroxyl groups is 1. The number of alkyl halides is 5. The number of hydrogen-bond acceptors (Lipinski definition) is 4. The maximum absolute atomic E-state index is 15.2. The molecule has 0 radical (unpaired) electrons. The standard InChI is InChI=1S/C34H32F5NO5/c1-31-17-26(18-2-4-19(5-3-18)29(42)40-22-9-6-20(7-10-22)30(43)44)28-24-13-11-23(41)16-21(24)8-12-25(28)27(31)14-15-32(31,45)33(35,36)34(37,38)39/h2-7,9-10,16,25-27,45H,8,11-15,17H2,1H3,(H,40,42)(H,43,44)/t25-,26+,27-,31-,32-/m0/s1. The van der Waals surface area contributed by atoms with Crippen LogP contribution in [0.3, 0.4) is 0 Å². The van der Waals surface area contributed by atoms with Crippen molar-refractivity contribution in [3.63, 3.8) is 0 Å². The number of carboxylic acid groups (broad SMARTS) is 1. The molecule has 0 aliphatic heterocycles. The van der Waals surface area contributed by atoms with Gasteiger partial charge in [-0.15, -0.1) is 0 Å². The summed E-state index contributed by atoms with van der Waals surface area (Å²) in [5.74, 6) is -8.47. The summed E-state index contributed by atoms with van der Waals surface area (Å²) in [7, 11) is 0. The highest BCUT2D eigenvalue weighted by molar-refractivity contribution is 6.04. The number of amides is 1. The first-order chi connectivity index (χ1) is 21.1. The van der Waals surface area contributed by atoms with Gasteiger partial charge in [0.15, 0.2) is 5.78 Å². The molecule has 6 nitrogen and oxygen atoms in total. The van der Waals surface area contributed by atoms with Crippen molar-refractivity contribution in [2.45, 2.75) is 75.5 Å². The van der Waals surface area contributed by atoms with E-state index in [0.29, 0.717) is 30.5 Å². The summed E-state index contributed by atoms with van der Waals surface area (Å²) >= 11 is 0. The van der Waals surface area contributed by atoms with Crippen molar-refractivity contribution in [1.82, 2.24) is 0 Å². The van der Waals surface area contributed by atoms with Crippen LogP contribution in [0, 0.1) is 17.3 Å². The average molecular weight is 630 g/mol. The van der Waals surface area contributed by atoms with Gasteiger partial charge >= 0.3 is 18.1 Å². The number of hydrogen-bond donors (Lipinski definition) is 3. The third kappa shape index (κ3) is 4.81. The fraction of sp³-hybridized carbons (Fsp3) is 0.441. The fourth-order valence-corrected chi connectivity index (χ4v) is 8.48. The Kier molecular flexibility index (Phi) is 7.34. The molecular formula is C34H32F5NO5. The van der Waals surface area contributed by atoms with E-state index in [1.54, 1.807) is 30.3 Å². The number of carbonyl (C=O) groups excluding carboxylic acids is 2. The van der Waals surface area contributed by atoms with Gasteiger partial charge in [-0.3, -0.25) is 9.59 Å². The molecule has 0 unspecified atom stereocenters. The van der Waals surface area contributed by atoms with Gasteiger partial charge in [0.1, 0.15) is 5.60 Å². The van der Waals surface area contributed by atoms with E-state index in [2.05, 4.69) is 5.32 Å². The normalized spacial score (nSPS) is 29.8. The summed E-state index contributed by atoms with van der Waals surface area (Å²) in [6.45, 7) is 1.37. The third-order valence-corrected chi connectivity index (χ3v) is 10.7. The predicted octanol–water partition coefficient (Wildman–Crippen LogP) is 7.47. The van der Waals surface area contributed by atoms with Gasteiger partial charge in [0.2, 0.25) is 0 Å². The van der Waals surface area contributed by atoms with E-state index in [-0.39, 0.29) is 42.1 Å². The number of nitrogens with one attached hydrogen (secondary N) is 1. The van der Waals surface area contributed by atoms with E-state index in [1.807, 2.05) is 0 Å². The molecule has 3 N–H and O–H groups in total. The molecule has 2 saturated carbocycles. The first-order valence-corrected chi connectivity index (χ1v) is 15.0. The van der Waals surface area contributed by atoms with Crippen LogP contribution in [0.2, 0.25) is 0 Å². The highest BCUT2D eigenvalue weighted by Gasteiger charge is 2.79. The number of rotatable bonds is 5. The van der Waals surface area contributed by atoms with Gasteiger partial charge in [-0.1, -0.05) is 24.6 Å². The summed E-state index contributed by atoms with van der Waals surface area (Å²) in [5, 5.41) is 23.2. The maximum atomic E-state index is 15.2. The lowest BCUT2D eigenvalue weighted by molar-refractivity contribution is -0.362. The summed E-state index contributed by atoms with van der Waals surface area (Å²) in [6, 6.07) is 12.0. The van der Waals surface area contributed by atoms with Gasteiger partial charge in [0.05, 0.1) is 5.56 Å².